The second kappa shape index (κ2) is 9.69. The highest BCUT2D eigenvalue weighted by molar-refractivity contribution is 5.68. The molecule has 0 aliphatic carbocycles. The maximum Gasteiger partial charge on any atom is 0.407 e. The van der Waals surface area contributed by atoms with Gasteiger partial charge in [-0.1, -0.05) is 0 Å². The number of aromatic nitrogens is 2. The quantitative estimate of drug-likeness (QED) is 0.608. The molecule has 0 saturated heterocycles. The van der Waals surface area contributed by atoms with E-state index >= 15 is 0 Å². The fourth-order valence-electron chi connectivity index (χ4n) is 2.14. The Morgan fingerprint density at radius 3 is 2.52 bits per heavy atom. The zero-order valence-electron chi connectivity index (χ0n) is 15.5. The first-order chi connectivity index (χ1) is 11.6. The summed E-state index contributed by atoms with van der Waals surface area (Å²) in [5.41, 5.74) is -0.657. The van der Waals surface area contributed by atoms with E-state index in [9.17, 15) is 15.0 Å². The normalized spacial score (nSPS) is 15.5. The fraction of sp³-hybridized carbons (Fsp3) is 0.812. The average Bonchev–Trinajstić information content (AvgIpc) is 2.92. The molecule has 1 aromatic heterocycles. The Morgan fingerprint density at radius 2 is 1.96 bits per heavy atom. The topological polar surface area (TPSA) is 127 Å². The number of rotatable bonds is 9. The van der Waals surface area contributed by atoms with Gasteiger partial charge in [-0.15, -0.1) is 10.2 Å². The highest BCUT2D eigenvalue weighted by Gasteiger charge is 2.29. The zero-order chi connectivity index (χ0) is 19.0. The van der Waals surface area contributed by atoms with Crippen molar-refractivity contribution < 1.29 is 28.9 Å². The van der Waals surface area contributed by atoms with Gasteiger partial charge in [0.1, 0.15) is 12.2 Å². The lowest BCUT2D eigenvalue weighted by Gasteiger charge is -2.25. The highest BCUT2D eigenvalue weighted by atomic mass is 16.6. The lowest BCUT2D eigenvalue weighted by Crippen LogP contribution is -2.42. The molecule has 0 radical (unpaired) electrons. The van der Waals surface area contributed by atoms with Crippen LogP contribution in [0.1, 0.15) is 64.8 Å². The Kier molecular flexibility index (Phi) is 8.27. The maximum absolute atomic E-state index is 12.0. The Hall–Kier alpha value is -1.71. The second-order valence-corrected chi connectivity index (χ2v) is 6.94. The average molecular weight is 359 g/mol. The van der Waals surface area contributed by atoms with Crippen LogP contribution in [0.2, 0.25) is 0 Å². The van der Waals surface area contributed by atoms with E-state index in [2.05, 4.69) is 15.5 Å². The number of carbonyl (C=O) groups excluding carboxylic acids is 1. The van der Waals surface area contributed by atoms with Crippen LogP contribution in [0.25, 0.3) is 0 Å². The molecule has 9 nitrogen and oxygen atoms in total. The molecule has 0 aromatic carbocycles. The minimum atomic E-state index is -1.19. The van der Waals surface area contributed by atoms with Gasteiger partial charge in [-0.05, 0) is 47.0 Å². The number of hydrogen-bond donors (Lipinski definition) is 3. The van der Waals surface area contributed by atoms with Gasteiger partial charge in [0.05, 0.1) is 12.1 Å². The highest BCUT2D eigenvalue weighted by Crippen LogP contribution is 2.21. The van der Waals surface area contributed by atoms with Crippen LogP contribution in [-0.4, -0.2) is 51.4 Å². The van der Waals surface area contributed by atoms with Crippen LogP contribution in [0.5, 0.6) is 0 Å². The summed E-state index contributed by atoms with van der Waals surface area (Å²) >= 11 is 0. The number of amides is 1. The number of aliphatic hydroxyl groups is 2. The van der Waals surface area contributed by atoms with Crippen molar-refractivity contribution in [2.45, 2.75) is 77.4 Å². The van der Waals surface area contributed by atoms with Gasteiger partial charge in [0, 0.05) is 7.11 Å². The van der Waals surface area contributed by atoms with Gasteiger partial charge >= 0.3 is 6.09 Å². The molecule has 1 amide bonds. The smallest absolute Gasteiger partial charge is 0.407 e. The predicted octanol–water partition coefficient (Wildman–Crippen LogP) is 1.69. The molecule has 0 saturated carbocycles. The van der Waals surface area contributed by atoms with Crippen molar-refractivity contribution in [3.05, 3.63) is 11.8 Å². The summed E-state index contributed by atoms with van der Waals surface area (Å²) in [4.78, 5) is 12.0. The van der Waals surface area contributed by atoms with Crippen molar-refractivity contribution in [2.24, 2.45) is 0 Å². The molecule has 0 fully saturated rings. The number of alkyl carbamates (subject to hydrolysis) is 1. The van der Waals surface area contributed by atoms with E-state index in [4.69, 9.17) is 13.9 Å². The number of nitrogens with zero attached hydrogens (tertiary/aromatic N) is 2. The number of carbonyl (C=O) groups is 1. The molecule has 1 rings (SSSR count). The molecule has 0 spiro atoms. The van der Waals surface area contributed by atoms with Gasteiger partial charge in [0.25, 0.3) is 0 Å². The molecule has 0 aliphatic rings. The van der Waals surface area contributed by atoms with Crippen LogP contribution >= 0.6 is 0 Å². The lowest BCUT2D eigenvalue weighted by molar-refractivity contribution is 0.0366. The minimum Gasteiger partial charge on any atom is -0.444 e. The summed E-state index contributed by atoms with van der Waals surface area (Å²) in [6.45, 7) is 7.06. The second-order valence-electron chi connectivity index (χ2n) is 6.94. The maximum atomic E-state index is 12.0. The first-order valence-corrected chi connectivity index (χ1v) is 8.29. The molecule has 1 heterocycles. The van der Waals surface area contributed by atoms with Crippen molar-refractivity contribution in [3.8, 4) is 0 Å². The van der Waals surface area contributed by atoms with Crippen molar-refractivity contribution >= 4 is 6.09 Å². The third kappa shape index (κ3) is 8.28. The number of hydrogen-bond acceptors (Lipinski definition) is 8. The van der Waals surface area contributed by atoms with Gasteiger partial charge in [0.2, 0.25) is 11.8 Å². The number of ether oxygens (including phenoxy) is 2. The summed E-state index contributed by atoms with van der Waals surface area (Å²) in [7, 11) is 1.49. The molecule has 1 aromatic rings. The van der Waals surface area contributed by atoms with E-state index in [1.54, 1.807) is 27.7 Å². The van der Waals surface area contributed by atoms with Crippen LogP contribution in [0.3, 0.4) is 0 Å². The van der Waals surface area contributed by atoms with E-state index in [1.807, 2.05) is 0 Å². The summed E-state index contributed by atoms with van der Waals surface area (Å²) in [6, 6.07) is -0.690. The fourth-order valence-corrected chi connectivity index (χ4v) is 2.14. The van der Waals surface area contributed by atoms with Gasteiger partial charge in [-0.2, -0.15) is 0 Å². The molecule has 9 heteroatoms. The van der Waals surface area contributed by atoms with E-state index in [-0.39, 0.29) is 18.4 Å². The third-order valence-corrected chi connectivity index (χ3v) is 3.22. The molecular weight excluding hydrogens is 330 g/mol. The van der Waals surface area contributed by atoms with Gasteiger partial charge in [-0.3, -0.25) is 0 Å². The predicted molar refractivity (Wildman–Crippen MR) is 88.7 cm³/mol. The van der Waals surface area contributed by atoms with Crippen LogP contribution in [-0.2, 0) is 16.1 Å². The Balaban J connectivity index is 2.78. The number of aliphatic hydroxyl groups excluding tert-OH is 2. The minimum absolute atomic E-state index is 0.00912. The van der Waals surface area contributed by atoms with Crippen LogP contribution < -0.4 is 5.32 Å². The molecule has 0 bridgehead atoms. The van der Waals surface area contributed by atoms with Gasteiger partial charge in [-0.25, -0.2) is 4.79 Å². The molecule has 25 heavy (non-hydrogen) atoms. The van der Waals surface area contributed by atoms with E-state index in [0.717, 1.165) is 0 Å². The third-order valence-electron chi connectivity index (χ3n) is 3.22. The Bertz CT molecular complexity index is 526. The standard InChI is InChI=1S/C16H29N3O6/c1-10(20)7-6-8-11(17-15(22)25-16(2,3)4)13(21)14-19-18-12(24-14)9-23-5/h10-11,13,20-21H,6-9H2,1-5H3,(H,17,22)/t10-,11?,13?/m0/s1. The van der Waals surface area contributed by atoms with E-state index < -0.39 is 29.9 Å². The summed E-state index contributed by atoms with van der Waals surface area (Å²) in [5, 5.41) is 30.1. The Morgan fingerprint density at radius 1 is 1.28 bits per heavy atom. The van der Waals surface area contributed by atoms with Crippen LogP contribution in [0.4, 0.5) is 4.79 Å². The molecule has 0 aliphatic heterocycles. The van der Waals surface area contributed by atoms with Gasteiger partial charge < -0.3 is 29.4 Å². The summed E-state index contributed by atoms with van der Waals surface area (Å²) in [6.07, 6.45) is -0.764. The van der Waals surface area contributed by atoms with E-state index in [1.165, 1.54) is 7.11 Å². The molecular formula is C16H29N3O6. The van der Waals surface area contributed by atoms with Crippen molar-refractivity contribution in [1.29, 1.82) is 0 Å². The molecule has 144 valence electrons. The SMILES string of the molecule is COCc1nnc(C(O)C(CCC[C@H](C)O)NC(=O)OC(C)(C)C)o1. The zero-order valence-corrected chi connectivity index (χ0v) is 15.5. The van der Waals surface area contributed by atoms with Crippen LogP contribution in [0.15, 0.2) is 4.42 Å². The number of methoxy groups -OCH3 is 1. The van der Waals surface area contributed by atoms with E-state index in [0.29, 0.717) is 19.3 Å². The number of nitrogens with one attached hydrogen (secondary N) is 1. The first kappa shape index (κ1) is 21.3. The monoisotopic (exact) mass is 359 g/mol. The first-order valence-electron chi connectivity index (χ1n) is 8.29. The molecule has 3 atom stereocenters. The summed E-state index contributed by atoms with van der Waals surface area (Å²) < 4.78 is 15.5. The van der Waals surface area contributed by atoms with Crippen LogP contribution in [0, 0.1) is 0 Å². The van der Waals surface area contributed by atoms with Gasteiger partial charge in [0.15, 0.2) is 6.10 Å². The van der Waals surface area contributed by atoms with Crippen molar-refractivity contribution in [2.75, 3.05) is 7.11 Å². The Labute approximate surface area is 147 Å². The largest absolute Gasteiger partial charge is 0.444 e. The van der Waals surface area contributed by atoms with Crippen molar-refractivity contribution in [1.82, 2.24) is 15.5 Å². The molecule has 3 N–H and O–H groups in total. The summed E-state index contributed by atoms with van der Waals surface area (Å²) in [5.74, 6) is 0.224. The molecule has 2 unspecified atom stereocenters. The van der Waals surface area contributed by atoms with Crippen molar-refractivity contribution in [3.63, 3.8) is 0 Å². The lowest BCUT2D eigenvalue weighted by atomic mass is 10.0.